The summed E-state index contributed by atoms with van der Waals surface area (Å²) in [5.74, 6) is -0.637. The molecule has 12 heavy (non-hydrogen) atoms. The number of alkyl halides is 1. The van der Waals surface area contributed by atoms with Crippen LogP contribution in [0.3, 0.4) is 0 Å². The lowest BCUT2D eigenvalue weighted by Gasteiger charge is -2.22. The fourth-order valence-electron chi connectivity index (χ4n) is 1.08. The Hall–Kier alpha value is -0.360. The second kappa shape index (κ2) is 4.04. The average Bonchev–Trinajstić information content (AvgIpc) is 2.49. The zero-order valence-corrected chi connectivity index (χ0v) is 7.20. The molecule has 0 spiro atoms. The normalized spacial score (nSPS) is 27.3. The van der Waals surface area contributed by atoms with E-state index in [1.807, 2.05) is 0 Å². The smallest absolute Gasteiger partial charge is 0.239 e. The molecule has 5 nitrogen and oxygen atoms in total. The number of carbonyl (C=O) groups is 1. The lowest BCUT2D eigenvalue weighted by molar-refractivity contribution is -0.122. The second-order valence-corrected chi connectivity index (χ2v) is 2.99. The third-order valence-corrected chi connectivity index (χ3v) is 2.16. The van der Waals surface area contributed by atoms with Crippen molar-refractivity contribution in [3.8, 4) is 0 Å². The molecule has 1 fully saturated rings. The predicted octanol–water partition coefficient (Wildman–Crippen LogP) is -1.31. The topological polar surface area (TPSA) is 75.8 Å². The van der Waals surface area contributed by atoms with Crippen molar-refractivity contribution in [2.75, 3.05) is 19.9 Å². The first-order valence-electron chi connectivity index (χ1n) is 3.56. The molecule has 0 aromatic heterocycles. The molecule has 1 saturated heterocycles. The van der Waals surface area contributed by atoms with E-state index in [0.717, 1.165) is 0 Å². The zero-order chi connectivity index (χ0) is 9.14. The zero-order valence-electron chi connectivity index (χ0n) is 6.44. The van der Waals surface area contributed by atoms with E-state index in [1.165, 1.54) is 0 Å². The van der Waals surface area contributed by atoms with Gasteiger partial charge in [0.05, 0.1) is 13.3 Å². The van der Waals surface area contributed by atoms with E-state index < -0.39 is 17.5 Å². The van der Waals surface area contributed by atoms with Crippen LogP contribution in [0.2, 0.25) is 0 Å². The summed E-state index contributed by atoms with van der Waals surface area (Å²) < 4.78 is 5.11. The number of rotatable bonds is 3. The molecule has 1 rings (SSSR count). The van der Waals surface area contributed by atoms with E-state index in [2.05, 4.69) is 0 Å². The molecule has 1 amide bonds. The van der Waals surface area contributed by atoms with Gasteiger partial charge < -0.3 is 15.6 Å². The number of carbonyl (C=O) groups excluding carboxylic acids is 1. The molecule has 0 aliphatic carbocycles. The van der Waals surface area contributed by atoms with E-state index in [0.29, 0.717) is 13.2 Å². The minimum atomic E-state index is -0.903. The van der Waals surface area contributed by atoms with Crippen LogP contribution in [-0.2, 0) is 9.53 Å². The number of nitrogens with zero attached hydrogens (tertiary/aromatic N) is 1. The van der Waals surface area contributed by atoms with Gasteiger partial charge in [0.2, 0.25) is 5.91 Å². The molecule has 0 radical (unpaired) electrons. The van der Waals surface area contributed by atoms with Crippen LogP contribution in [0.15, 0.2) is 0 Å². The number of ether oxygens (including phenoxy) is 1. The summed E-state index contributed by atoms with van der Waals surface area (Å²) in [5.41, 5.74) is 4.97. The van der Waals surface area contributed by atoms with Gasteiger partial charge in [0.25, 0.3) is 0 Å². The highest BCUT2D eigenvalue weighted by Crippen LogP contribution is 2.16. The Balaban J connectivity index is 2.55. The maximum atomic E-state index is 10.6. The Morgan fingerprint density at radius 3 is 3.08 bits per heavy atom. The van der Waals surface area contributed by atoms with Gasteiger partial charge >= 0.3 is 0 Å². The molecular weight excluding hydrogens is 184 g/mol. The number of amides is 1. The number of halogens is 1. The van der Waals surface area contributed by atoms with Gasteiger partial charge in [-0.2, -0.15) is 0 Å². The first-order valence-corrected chi connectivity index (χ1v) is 4.00. The lowest BCUT2D eigenvalue weighted by atomic mass is 10.3. The summed E-state index contributed by atoms with van der Waals surface area (Å²) in [7, 11) is 0. The van der Waals surface area contributed by atoms with Gasteiger partial charge in [-0.05, 0) is 0 Å². The van der Waals surface area contributed by atoms with Gasteiger partial charge in [-0.1, -0.05) is 0 Å². The Labute approximate surface area is 75.0 Å². The van der Waals surface area contributed by atoms with Crippen molar-refractivity contribution in [1.82, 2.24) is 4.90 Å². The van der Waals surface area contributed by atoms with Gasteiger partial charge in [-0.25, -0.2) is 0 Å². The number of primary amides is 1. The number of aliphatic hydroxyl groups is 1. The summed E-state index contributed by atoms with van der Waals surface area (Å²) in [5, 5.41) is 7.90. The van der Waals surface area contributed by atoms with Gasteiger partial charge in [-0.3, -0.25) is 9.69 Å². The second-order valence-electron chi connectivity index (χ2n) is 2.52. The summed E-state index contributed by atoms with van der Waals surface area (Å²) in [6, 6.07) is 0. The Morgan fingerprint density at radius 1 is 1.92 bits per heavy atom. The molecule has 1 aliphatic heterocycles. The average molecular weight is 195 g/mol. The Bertz CT molecular complexity index is 178. The van der Waals surface area contributed by atoms with Crippen molar-refractivity contribution < 1.29 is 14.6 Å². The molecule has 1 heterocycles. The van der Waals surface area contributed by atoms with Crippen molar-refractivity contribution in [3.63, 3.8) is 0 Å². The first-order chi connectivity index (χ1) is 5.66. The Kier molecular flexibility index (Phi) is 3.28. The molecule has 3 N–H and O–H groups in total. The van der Waals surface area contributed by atoms with E-state index in [-0.39, 0.29) is 6.73 Å². The van der Waals surface area contributed by atoms with Crippen LogP contribution < -0.4 is 5.73 Å². The minimum Gasteiger partial charge on any atom is -0.381 e. The van der Waals surface area contributed by atoms with Crippen LogP contribution in [-0.4, -0.2) is 47.4 Å². The maximum Gasteiger partial charge on any atom is 0.239 e. The summed E-state index contributed by atoms with van der Waals surface area (Å²) in [6.45, 7) is 0.848. The van der Waals surface area contributed by atoms with E-state index in [9.17, 15) is 4.79 Å². The highest BCUT2D eigenvalue weighted by atomic mass is 35.5. The fourth-order valence-corrected chi connectivity index (χ4v) is 1.32. The molecule has 0 saturated carbocycles. The lowest BCUT2D eigenvalue weighted by Crippen LogP contribution is -2.44. The van der Waals surface area contributed by atoms with Crippen LogP contribution in [0, 0.1) is 0 Å². The van der Waals surface area contributed by atoms with Gasteiger partial charge in [0.15, 0.2) is 5.38 Å². The molecule has 70 valence electrons. The van der Waals surface area contributed by atoms with E-state index in [1.54, 1.807) is 4.90 Å². The molecule has 0 bridgehead atoms. The molecule has 0 aromatic carbocycles. The van der Waals surface area contributed by atoms with Crippen LogP contribution in [0.4, 0.5) is 0 Å². The molecule has 0 aromatic rings. The summed E-state index contributed by atoms with van der Waals surface area (Å²) >= 11 is 5.64. The molecule has 1 aliphatic rings. The summed E-state index contributed by atoms with van der Waals surface area (Å²) in [4.78, 5) is 12.2. The SMILES string of the molecule is NC(=O)C(Cl)C1OCCN1CO. The number of nitrogens with two attached hydrogens (primary N) is 1. The molecule has 2 unspecified atom stereocenters. The fraction of sp³-hybridized carbons (Fsp3) is 0.833. The third kappa shape index (κ3) is 1.87. The van der Waals surface area contributed by atoms with Crippen molar-refractivity contribution in [1.29, 1.82) is 0 Å². The minimum absolute atomic E-state index is 0.179. The van der Waals surface area contributed by atoms with Crippen LogP contribution >= 0.6 is 11.6 Å². The van der Waals surface area contributed by atoms with Gasteiger partial charge in [-0.15, -0.1) is 11.6 Å². The van der Waals surface area contributed by atoms with Crippen molar-refractivity contribution in [3.05, 3.63) is 0 Å². The highest BCUT2D eigenvalue weighted by Gasteiger charge is 2.34. The number of hydrogen-bond acceptors (Lipinski definition) is 4. The van der Waals surface area contributed by atoms with Crippen molar-refractivity contribution >= 4 is 17.5 Å². The number of aliphatic hydroxyl groups excluding tert-OH is 1. The van der Waals surface area contributed by atoms with Gasteiger partial charge in [0.1, 0.15) is 6.23 Å². The summed E-state index contributed by atoms with van der Waals surface area (Å²) in [6.07, 6.45) is -0.589. The quantitative estimate of drug-likeness (QED) is 0.547. The predicted molar refractivity (Wildman–Crippen MR) is 42.4 cm³/mol. The third-order valence-electron chi connectivity index (χ3n) is 1.73. The maximum absolute atomic E-state index is 10.6. The first kappa shape index (κ1) is 9.73. The van der Waals surface area contributed by atoms with Gasteiger partial charge in [0, 0.05) is 6.54 Å². The van der Waals surface area contributed by atoms with E-state index >= 15 is 0 Å². The molecule has 6 heteroatoms. The van der Waals surface area contributed by atoms with Crippen LogP contribution in [0.25, 0.3) is 0 Å². The molecular formula is C6H11ClN2O3. The largest absolute Gasteiger partial charge is 0.381 e. The van der Waals surface area contributed by atoms with Crippen molar-refractivity contribution in [2.24, 2.45) is 5.73 Å². The number of hydrogen-bond donors (Lipinski definition) is 2. The van der Waals surface area contributed by atoms with Crippen LogP contribution in [0.1, 0.15) is 0 Å². The molecule has 2 atom stereocenters. The van der Waals surface area contributed by atoms with Crippen molar-refractivity contribution in [2.45, 2.75) is 11.6 Å². The standard InChI is InChI=1S/C6H11ClN2O3/c7-4(5(8)11)6-9(3-10)1-2-12-6/h4,6,10H,1-3H2,(H2,8,11). The van der Waals surface area contributed by atoms with E-state index in [4.69, 9.17) is 27.2 Å². The monoisotopic (exact) mass is 194 g/mol. The highest BCUT2D eigenvalue weighted by molar-refractivity contribution is 6.31. The van der Waals surface area contributed by atoms with Crippen LogP contribution in [0.5, 0.6) is 0 Å². The Morgan fingerprint density at radius 2 is 2.58 bits per heavy atom.